The first-order chi connectivity index (χ1) is 18.9. The Morgan fingerprint density at radius 2 is 1.65 bits per heavy atom. The molecule has 0 fully saturated rings. The van der Waals surface area contributed by atoms with Gasteiger partial charge in [-0.25, -0.2) is 4.79 Å². The number of alkyl halides is 3. The Hall–Kier alpha value is -4.84. The molecule has 0 unspecified atom stereocenters. The highest BCUT2D eigenvalue weighted by Crippen LogP contribution is 2.38. The van der Waals surface area contributed by atoms with E-state index in [0.29, 0.717) is 33.8 Å². The van der Waals surface area contributed by atoms with Crippen molar-refractivity contribution >= 4 is 5.97 Å². The third-order valence-corrected chi connectivity index (χ3v) is 6.62. The Morgan fingerprint density at radius 3 is 2.25 bits per heavy atom. The number of methoxy groups -OCH3 is 1. The average Bonchev–Trinajstić information content (AvgIpc) is 2.93. The van der Waals surface area contributed by atoms with Crippen LogP contribution in [-0.2, 0) is 16.5 Å². The second-order valence-corrected chi connectivity index (χ2v) is 9.60. The predicted molar refractivity (Wildman–Crippen MR) is 143 cm³/mol. The maximum absolute atomic E-state index is 14.0. The van der Waals surface area contributed by atoms with Gasteiger partial charge in [-0.2, -0.15) is 18.4 Å². The molecule has 3 aromatic carbocycles. The molecule has 0 N–H and O–H groups in total. The van der Waals surface area contributed by atoms with Crippen LogP contribution >= 0.6 is 0 Å². The molecular formula is C31H25F3N2O4. The van der Waals surface area contributed by atoms with Crippen molar-refractivity contribution < 1.29 is 27.4 Å². The molecule has 0 bridgehead atoms. The van der Waals surface area contributed by atoms with E-state index in [2.05, 4.69) is 0 Å². The number of ether oxygens (including phenoxy) is 2. The molecule has 0 spiro atoms. The number of aryl methyl sites for hydroxylation is 1. The summed E-state index contributed by atoms with van der Waals surface area (Å²) >= 11 is 0. The molecule has 0 atom stereocenters. The van der Waals surface area contributed by atoms with Gasteiger partial charge in [0, 0.05) is 0 Å². The topological polar surface area (TPSA) is 81.3 Å². The molecule has 0 amide bonds. The zero-order valence-corrected chi connectivity index (χ0v) is 22.2. The van der Waals surface area contributed by atoms with E-state index in [1.807, 2.05) is 0 Å². The first-order valence-electron chi connectivity index (χ1n) is 12.2. The number of hydrogen-bond donors (Lipinski definition) is 0. The normalized spacial score (nSPS) is 11.6. The van der Waals surface area contributed by atoms with Gasteiger partial charge in [-0.1, -0.05) is 36.4 Å². The van der Waals surface area contributed by atoms with Gasteiger partial charge in [0.15, 0.2) is 0 Å². The van der Waals surface area contributed by atoms with Crippen LogP contribution in [0, 0.1) is 18.3 Å². The van der Waals surface area contributed by atoms with Gasteiger partial charge in [-0.15, -0.1) is 0 Å². The summed E-state index contributed by atoms with van der Waals surface area (Å²) in [6, 6.07) is 22.3. The number of nitrogens with zero attached hydrogens (tertiary/aromatic N) is 2. The van der Waals surface area contributed by atoms with Gasteiger partial charge in [0.25, 0.3) is 5.56 Å². The molecule has 4 rings (SSSR count). The second-order valence-electron chi connectivity index (χ2n) is 9.60. The van der Waals surface area contributed by atoms with Crippen LogP contribution in [0.2, 0.25) is 0 Å². The molecule has 0 aliphatic rings. The van der Waals surface area contributed by atoms with Crippen molar-refractivity contribution in [2.24, 2.45) is 0 Å². The van der Waals surface area contributed by atoms with Gasteiger partial charge < -0.3 is 9.47 Å². The standard InChI is InChI=1S/C31H25F3N2O4/c1-19-15-20(13-14-27(19)40-23-12-8-9-21(16-23)29(38)39-4)26-17-25(31(32,33)34)24(18-35)28(37)36(26)30(2,3)22-10-6-5-7-11-22/h5-17H,1-4H3. The van der Waals surface area contributed by atoms with Crippen molar-refractivity contribution in [3.63, 3.8) is 0 Å². The quantitative estimate of drug-likeness (QED) is 0.242. The summed E-state index contributed by atoms with van der Waals surface area (Å²) < 4.78 is 53.9. The maximum Gasteiger partial charge on any atom is 0.417 e. The fraction of sp³-hybridized carbons (Fsp3) is 0.194. The van der Waals surface area contributed by atoms with E-state index in [9.17, 15) is 28.0 Å². The van der Waals surface area contributed by atoms with Gasteiger partial charge >= 0.3 is 12.1 Å². The van der Waals surface area contributed by atoms with E-state index in [1.165, 1.54) is 23.8 Å². The van der Waals surface area contributed by atoms with Crippen molar-refractivity contribution in [3.05, 3.63) is 117 Å². The lowest BCUT2D eigenvalue weighted by Gasteiger charge is -2.32. The first kappa shape index (κ1) is 28.2. The lowest BCUT2D eigenvalue weighted by atomic mass is 9.91. The molecule has 0 aliphatic carbocycles. The summed E-state index contributed by atoms with van der Waals surface area (Å²) in [7, 11) is 1.27. The van der Waals surface area contributed by atoms with Crippen molar-refractivity contribution in [1.29, 1.82) is 5.26 Å². The Kier molecular flexibility index (Phi) is 7.56. The summed E-state index contributed by atoms with van der Waals surface area (Å²) in [5.74, 6) is 0.225. The zero-order valence-electron chi connectivity index (χ0n) is 22.2. The van der Waals surface area contributed by atoms with Crippen molar-refractivity contribution in [2.45, 2.75) is 32.5 Å². The number of carbonyl (C=O) groups is 1. The van der Waals surface area contributed by atoms with Crippen LogP contribution in [0.3, 0.4) is 0 Å². The Labute approximate surface area is 228 Å². The van der Waals surface area contributed by atoms with Gasteiger partial charge in [0.1, 0.15) is 23.1 Å². The predicted octanol–water partition coefficient (Wildman–Crippen LogP) is 7.08. The summed E-state index contributed by atoms with van der Waals surface area (Å²) in [4.78, 5) is 25.4. The van der Waals surface area contributed by atoms with Gasteiger partial charge in [0.05, 0.1) is 29.5 Å². The van der Waals surface area contributed by atoms with Gasteiger partial charge in [0.2, 0.25) is 0 Å². The lowest BCUT2D eigenvalue weighted by molar-refractivity contribution is -0.137. The molecule has 204 valence electrons. The summed E-state index contributed by atoms with van der Waals surface area (Å²) in [6.07, 6.45) is -4.92. The van der Waals surface area contributed by atoms with Crippen LogP contribution in [0.4, 0.5) is 13.2 Å². The molecule has 9 heteroatoms. The Balaban J connectivity index is 1.89. The van der Waals surface area contributed by atoms with E-state index in [4.69, 9.17) is 9.47 Å². The van der Waals surface area contributed by atoms with Crippen LogP contribution in [0.1, 0.15) is 46.5 Å². The molecule has 1 heterocycles. The van der Waals surface area contributed by atoms with Crippen LogP contribution in [-0.4, -0.2) is 17.6 Å². The Bertz CT molecular complexity index is 1680. The minimum atomic E-state index is -4.92. The van der Waals surface area contributed by atoms with Crippen LogP contribution < -0.4 is 10.3 Å². The number of hydrogen-bond acceptors (Lipinski definition) is 5. The smallest absolute Gasteiger partial charge is 0.417 e. The monoisotopic (exact) mass is 546 g/mol. The van der Waals surface area contributed by atoms with Crippen LogP contribution in [0.25, 0.3) is 11.3 Å². The molecule has 0 radical (unpaired) electrons. The molecule has 0 saturated carbocycles. The lowest BCUT2D eigenvalue weighted by Crippen LogP contribution is -2.40. The summed E-state index contributed by atoms with van der Waals surface area (Å²) in [5.41, 5.74) is -2.58. The third-order valence-electron chi connectivity index (χ3n) is 6.62. The molecule has 0 aliphatic heterocycles. The SMILES string of the molecule is COC(=O)c1cccc(Oc2ccc(-c3cc(C(F)(F)F)c(C#N)c(=O)n3C(C)(C)c3ccccc3)cc2C)c1. The number of nitriles is 1. The molecule has 0 saturated heterocycles. The highest BCUT2D eigenvalue weighted by atomic mass is 19.4. The van der Waals surface area contributed by atoms with E-state index in [1.54, 1.807) is 87.5 Å². The van der Waals surface area contributed by atoms with E-state index < -0.39 is 34.4 Å². The molecule has 1 aromatic heterocycles. The number of pyridine rings is 1. The Morgan fingerprint density at radius 1 is 0.950 bits per heavy atom. The highest BCUT2D eigenvalue weighted by Gasteiger charge is 2.38. The van der Waals surface area contributed by atoms with E-state index in [-0.39, 0.29) is 5.69 Å². The molecule has 4 aromatic rings. The number of halogens is 3. The summed E-state index contributed by atoms with van der Waals surface area (Å²) in [6.45, 7) is 5.13. The van der Waals surface area contributed by atoms with Gasteiger partial charge in [-0.3, -0.25) is 9.36 Å². The van der Waals surface area contributed by atoms with Crippen LogP contribution in [0.15, 0.2) is 83.7 Å². The van der Waals surface area contributed by atoms with Crippen LogP contribution in [0.5, 0.6) is 11.5 Å². The largest absolute Gasteiger partial charge is 0.465 e. The highest BCUT2D eigenvalue weighted by molar-refractivity contribution is 5.89. The average molecular weight is 547 g/mol. The zero-order chi connectivity index (χ0) is 29.2. The minimum absolute atomic E-state index is 0.00693. The maximum atomic E-state index is 14.0. The molecular weight excluding hydrogens is 521 g/mol. The number of esters is 1. The van der Waals surface area contributed by atoms with E-state index >= 15 is 0 Å². The number of rotatable bonds is 6. The van der Waals surface area contributed by atoms with Crippen molar-refractivity contribution in [1.82, 2.24) is 4.57 Å². The first-order valence-corrected chi connectivity index (χ1v) is 12.2. The molecule has 40 heavy (non-hydrogen) atoms. The number of benzene rings is 3. The van der Waals surface area contributed by atoms with Gasteiger partial charge in [-0.05, 0) is 79.9 Å². The van der Waals surface area contributed by atoms with Crippen molar-refractivity contribution in [2.75, 3.05) is 7.11 Å². The fourth-order valence-corrected chi connectivity index (χ4v) is 4.54. The fourth-order valence-electron chi connectivity index (χ4n) is 4.54. The minimum Gasteiger partial charge on any atom is -0.465 e. The van der Waals surface area contributed by atoms with Crippen molar-refractivity contribution in [3.8, 4) is 28.8 Å². The van der Waals surface area contributed by atoms with E-state index in [0.717, 1.165) is 6.07 Å². The number of carbonyl (C=O) groups excluding carboxylic acids is 1. The number of aromatic nitrogens is 1. The molecule has 6 nitrogen and oxygen atoms in total. The second kappa shape index (κ2) is 10.7. The summed E-state index contributed by atoms with van der Waals surface area (Å²) in [5, 5.41) is 9.57. The third kappa shape index (κ3) is 5.34.